The highest BCUT2D eigenvalue weighted by Gasteiger charge is 2.24. The molecule has 1 N–H and O–H groups in total. The number of carbonyl (C=O) groups excluding carboxylic acids is 2. The molecule has 4 rings (SSSR count). The fourth-order valence-corrected chi connectivity index (χ4v) is 3.98. The Balaban J connectivity index is 1.22. The molecule has 2 fully saturated rings. The van der Waals surface area contributed by atoms with Gasteiger partial charge in [-0.15, -0.1) is 0 Å². The molecular weight excluding hydrogens is 368 g/mol. The molecule has 0 unspecified atom stereocenters. The van der Waals surface area contributed by atoms with Gasteiger partial charge in [-0.05, 0) is 55.7 Å². The minimum atomic E-state index is -0.0899. The predicted molar refractivity (Wildman–Crippen MR) is 112 cm³/mol. The molecule has 7 heteroatoms. The second-order valence-electron chi connectivity index (χ2n) is 7.69. The molecule has 1 aromatic carbocycles. The van der Waals surface area contributed by atoms with Gasteiger partial charge in [-0.25, -0.2) is 0 Å². The second kappa shape index (κ2) is 9.13. The molecule has 0 bridgehead atoms. The van der Waals surface area contributed by atoms with E-state index in [4.69, 9.17) is 4.42 Å². The van der Waals surface area contributed by atoms with Crippen molar-refractivity contribution >= 4 is 23.2 Å². The number of benzene rings is 1. The number of rotatable bonds is 5. The first-order valence-electron chi connectivity index (χ1n) is 10.4. The van der Waals surface area contributed by atoms with Crippen LogP contribution in [0.1, 0.15) is 29.8 Å². The monoisotopic (exact) mass is 396 g/mol. The topological polar surface area (TPSA) is 69.0 Å². The molecule has 1 aromatic heterocycles. The van der Waals surface area contributed by atoms with Crippen molar-refractivity contribution in [3.63, 3.8) is 0 Å². The van der Waals surface area contributed by atoms with Crippen LogP contribution in [0.15, 0.2) is 47.1 Å². The summed E-state index contributed by atoms with van der Waals surface area (Å²) in [5.41, 5.74) is 2.04. The van der Waals surface area contributed by atoms with Crippen molar-refractivity contribution < 1.29 is 14.0 Å². The van der Waals surface area contributed by atoms with Gasteiger partial charge in [0.2, 0.25) is 5.91 Å². The van der Waals surface area contributed by atoms with Gasteiger partial charge < -0.3 is 19.5 Å². The average Bonchev–Trinajstić information content (AvgIpc) is 3.30. The number of hydrogen-bond donors (Lipinski definition) is 1. The van der Waals surface area contributed by atoms with Gasteiger partial charge >= 0.3 is 0 Å². The number of nitrogens with one attached hydrogen (secondary N) is 1. The lowest BCUT2D eigenvalue weighted by atomic mass is 10.1. The number of carbonyl (C=O) groups is 2. The zero-order valence-electron chi connectivity index (χ0n) is 16.7. The van der Waals surface area contributed by atoms with Gasteiger partial charge in [-0.1, -0.05) is 0 Å². The van der Waals surface area contributed by atoms with Crippen molar-refractivity contribution in [3.05, 3.63) is 48.4 Å². The zero-order chi connectivity index (χ0) is 20.1. The Bertz CT molecular complexity index is 805. The van der Waals surface area contributed by atoms with Crippen LogP contribution in [-0.2, 0) is 4.79 Å². The molecule has 0 aliphatic carbocycles. The lowest BCUT2D eigenvalue weighted by molar-refractivity contribution is -0.117. The molecule has 7 nitrogen and oxygen atoms in total. The van der Waals surface area contributed by atoms with Gasteiger partial charge in [0, 0.05) is 50.6 Å². The van der Waals surface area contributed by atoms with E-state index in [1.165, 1.54) is 31.2 Å². The van der Waals surface area contributed by atoms with E-state index >= 15 is 0 Å². The van der Waals surface area contributed by atoms with E-state index in [1.807, 2.05) is 12.1 Å². The number of anilines is 2. The smallest absolute Gasteiger partial charge is 0.289 e. The maximum Gasteiger partial charge on any atom is 0.289 e. The zero-order valence-corrected chi connectivity index (χ0v) is 16.7. The molecule has 2 saturated heterocycles. The third kappa shape index (κ3) is 4.98. The molecule has 0 spiro atoms. The summed E-state index contributed by atoms with van der Waals surface area (Å²) >= 11 is 0. The van der Waals surface area contributed by atoms with Crippen LogP contribution >= 0.6 is 0 Å². The summed E-state index contributed by atoms with van der Waals surface area (Å²) in [5, 5.41) is 2.98. The molecular formula is C22H28N4O3. The second-order valence-corrected chi connectivity index (χ2v) is 7.69. The number of piperazine rings is 1. The normalized spacial score (nSPS) is 17.9. The summed E-state index contributed by atoms with van der Waals surface area (Å²) < 4.78 is 5.18. The van der Waals surface area contributed by atoms with Crippen LogP contribution in [0, 0.1) is 0 Å². The molecule has 3 heterocycles. The fourth-order valence-electron chi connectivity index (χ4n) is 3.98. The van der Waals surface area contributed by atoms with E-state index in [0.29, 0.717) is 38.5 Å². The molecule has 0 radical (unpaired) electrons. The maximum absolute atomic E-state index is 12.4. The van der Waals surface area contributed by atoms with Crippen molar-refractivity contribution in [2.45, 2.75) is 19.3 Å². The van der Waals surface area contributed by atoms with E-state index in [1.54, 1.807) is 17.0 Å². The number of amides is 2. The molecule has 2 aromatic rings. The first kappa shape index (κ1) is 19.5. The largest absolute Gasteiger partial charge is 0.459 e. The van der Waals surface area contributed by atoms with Crippen LogP contribution < -0.4 is 10.2 Å². The fraction of sp³-hybridized carbons (Fsp3) is 0.455. The Hall–Kier alpha value is -2.80. The van der Waals surface area contributed by atoms with Crippen LogP contribution in [-0.4, -0.2) is 67.4 Å². The van der Waals surface area contributed by atoms with Crippen LogP contribution in [0.2, 0.25) is 0 Å². The highest BCUT2D eigenvalue weighted by Crippen LogP contribution is 2.21. The minimum Gasteiger partial charge on any atom is -0.459 e. The highest BCUT2D eigenvalue weighted by molar-refractivity contribution is 5.93. The molecule has 29 heavy (non-hydrogen) atoms. The van der Waals surface area contributed by atoms with Crippen molar-refractivity contribution in [1.82, 2.24) is 9.80 Å². The Kier molecular flexibility index (Phi) is 6.14. The van der Waals surface area contributed by atoms with Gasteiger partial charge in [-0.3, -0.25) is 14.5 Å². The Labute approximate surface area is 171 Å². The van der Waals surface area contributed by atoms with Gasteiger partial charge in [0.25, 0.3) is 5.91 Å². The summed E-state index contributed by atoms with van der Waals surface area (Å²) in [5.74, 6) is 0.249. The van der Waals surface area contributed by atoms with E-state index in [9.17, 15) is 9.59 Å². The molecule has 154 valence electrons. The molecule has 2 aliphatic heterocycles. The van der Waals surface area contributed by atoms with Crippen molar-refractivity contribution in [2.24, 2.45) is 0 Å². The third-order valence-corrected chi connectivity index (χ3v) is 5.63. The van der Waals surface area contributed by atoms with Crippen LogP contribution in [0.4, 0.5) is 11.4 Å². The predicted octanol–water partition coefficient (Wildman–Crippen LogP) is 2.67. The number of furan rings is 1. The van der Waals surface area contributed by atoms with Crippen LogP contribution in [0.3, 0.4) is 0 Å². The third-order valence-electron chi connectivity index (χ3n) is 5.63. The summed E-state index contributed by atoms with van der Waals surface area (Å²) in [7, 11) is 0. The molecule has 0 saturated carbocycles. The van der Waals surface area contributed by atoms with Crippen LogP contribution in [0.5, 0.6) is 0 Å². The average molecular weight is 396 g/mol. The quantitative estimate of drug-likeness (QED) is 0.842. The van der Waals surface area contributed by atoms with Crippen LogP contribution in [0.25, 0.3) is 0 Å². The van der Waals surface area contributed by atoms with Gasteiger partial charge in [0.15, 0.2) is 5.76 Å². The van der Waals surface area contributed by atoms with Crippen molar-refractivity contribution in [1.29, 1.82) is 0 Å². The Morgan fingerprint density at radius 1 is 0.897 bits per heavy atom. The van der Waals surface area contributed by atoms with E-state index in [-0.39, 0.29) is 11.8 Å². The number of piperidine rings is 1. The summed E-state index contributed by atoms with van der Waals surface area (Å²) in [6.07, 6.45) is 5.32. The SMILES string of the molecule is O=C(CN1CCN(C(=O)c2ccco2)CC1)Nc1ccc(N2CCCCC2)cc1. The maximum atomic E-state index is 12.4. The summed E-state index contributed by atoms with van der Waals surface area (Å²) in [6, 6.07) is 11.5. The number of nitrogens with zero attached hydrogens (tertiary/aromatic N) is 3. The molecule has 2 aliphatic rings. The number of hydrogen-bond acceptors (Lipinski definition) is 5. The van der Waals surface area contributed by atoms with E-state index < -0.39 is 0 Å². The lowest BCUT2D eigenvalue weighted by Gasteiger charge is -2.33. The first-order valence-corrected chi connectivity index (χ1v) is 10.4. The first-order chi connectivity index (χ1) is 14.2. The summed E-state index contributed by atoms with van der Waals surface area (Å²) in [6.45, 7) is 5.09. The summed E-state index contributed by atoms with van der Waals surface area (Å²) in [4.78, 5) is 31.0. The van der Waals surface area contributed by atoms with Crippen molar-refractivity contribution in [3.8, 4) is 0 Å². The lowest BCUT2D eigenvalue weighted by Crippen LogP contribution is -2.50. The van der Waals surface area contributed by atoms with Gasteiger partial charge in [0.05, 0.1) is 12.8 Å². The molecule has 2 amide bonds. The van der Waals surface area contributed by atoms with Crippen molar-refractivity contribution in [2.75, 3.05) is 56.0 Å². The van der Waals surface area contributed by atoms with Gasteiger partial charge in [0.1, 0.15) is 0 Å². The van der Waals surface area contributed by atoms with E-state index in [2.05, 4.69) is 27.2 Å². The highest BCUT2D eigenvalue weighted by atomic mass is 16.3. The Morgan fingerprint density at radius 2 is 1.62 bits per heavy atom. The standard InChI is InChI=1S/C22H28N4O3/c27-21(23-18-6-8-19(9-7-18)25-10-2-1-3-11-25)17-24-12-14-26(15-13-24)22(28)20-5-4-16-29-20/h4-9,16H,1-3,10-15,17H2,(H,23,27). The Morgan fingerprint density at radius 3 is 2.28 bits per heavy atom. The van der Waals surface area contributed by atoms with Gasteiger partial charge in [-0.2, -0.15) is 0 Å². The molecule has 0 atom stereocenters. The van der Waals surface area contributed by atoms with E-state index in [0.717, 1.165) is 18.8 Å². The minimum absolute atomic E-state index is 0.0264.